The summed E-state index contributed by atoms with van der Waals surface area (Å²) >= 11 is 0. The minimum atomic E-state index is 0.700. The third kappa shape index (κ3) is 1.79. The van der Waals surface area contributed by atoms with Gasteiger partial charge >= 0.3 is 0 Å². The molecule has 0 aromatic rings. The zero-order chi connectivity index (χ0) is 13.9. The summed E-state index contributed by atoms with van der Waals surface area (Å²) in [6, 6.07) is 0. The minimum absolute atomic E-state index is 0.700. The molecule has 4 aliphatic rings. The molecule has 110 valence electrons. The monoisotopic (exact) mass is 270 g/mol. The number of rotatable bonds is 0. The molecule has 0 unspecified atom stereocenters. The summed E-state index contributed by atoms with van der Waals surface area (Å²) in [6.45, 7) is 9.43. The predicted octanol–water partition coefficient (Wildman–Crippen LogP) is 5.90. The van der Waals surface area contributed by atoms with Gasteiger partial charge in [-0.25, -0.2) is 0 Å². The first-order valence-corrected chi connectivity index (χ1v) is 8.96. The molecular weight excluding hydrogens is 240 g/mol. The van der Waals surface area contributed by atoms with Gasteiger partial charge in [-0.05, 0) is 80.5 Å². The number of allylic oxidation sites excluding steroid dienone is 3. The molecule has 4 rings (SSSR count). The van der Waals surface area contributed by atoms with E-state index in [0.717, 1.165) is 23.7 Å². The molecule has 0 radical (unpaired) electrons. The van der Waals surface area contributed by atoms with Gasteiger partial charge in [0.05, 0.1) is 0 Å². The Morgan fingerprint density at radius 1 is 1.15 bits per heavy atom. The largest absolute Gasteiger partial charge is 0.0995 e. The highest BCUT2D eigenvalue weighted by atomic mass is 14.6. The Kier molecular flexibility index (Phi) is 2.95. The highest BCUT2D eigenvalue weighted by Gasteiger charge is 2.52. The molecule has 20 heavy (non-hydrogen) atoms. The summed E-state index contributed by atoms with van der Waals surface area (Å²) in [5.41, 5.74) is 5.92. The van der Waals surface area contributed by atoms with E-state index in [1.807, 2.05) is 11.1 Å². The first-order chi connectivity index (χ1) is 9.58. The maximum atomic E-state index is 4.26. The second-order valence-electron chi connectivity index (χ2n) is 8.61. The Labute approximate surface area is 124 Å². The van der Waals surface area contributed by atoms with Gasteiger partial charge in [0, 0.05) is 0 Å². The van der Waals surface area contributed by atoms with Crippen molar-refractivity contribution in [1.29, 1.82) is 0 Å². The number of fused-ring (bicyclic) bond motifs is 4. The summed E-state index contributed by atoms with van der Waals surface area (Å²) in [7, 11) is 0. The molecule has 2 saturated carbocycles. The average molecular weight is 270 g/mol. The van der Waals surface area contributed by atoms with Gasteiger partial charge in [0.2, 0.25) is 0 Å². The van der Waals surface area contributed by atoms with E-state index in [1.54, 1.807) is 0 Å². The van der Waals surface area contributed by atoms with Gasteiger partial charge in [0.1, 0.15) is 0 Å². The van der Waals surface area contributed by atoms with Crippen LogP contribution in [0.5, 0.6) is 0 Å². The molecule has 0 nitrogen and oxygen atoms in total. The van der Waals surface area contributed by atoms with Crippen LogP contribution in [0.25, 0.3) is 0 Å². The molecule has 2 fully saturated rings. The third-order valence-electron chi connectivity index (χ3n) is 7.45. The van der Waals surface area contributed by atoms with E-state index in [2.05, 4.69) is 20.4 Å². The van der Waals surface area contributed by atoms with Crippen molar-refractivity contribution in [3.05, 3.63) is 23.3 Å². The first kappa shape index (κ1) is 13.2. The molecular formula is C20H30. The molecule has 0 spiro atoms. The topological polar surface area (TPSA) is 0 Å². The minimum Gasteiger partial charge on any atom is -0.0995 e. The molecule has 0 aromatic heterocycles. The molecule has 0 N–H and O–H groups in total. The van der Waals surface area contributed by atoms with E-state index in [1.165, 1.54) is 63.4 Å². The van der Waals surface area contributed by atoms with Crippen molar-refractivity contribution < 1.29 is 0 Å². The number of hydrogen-bond donors (Lipinski definition) is 0. The van der Waals surface area contributed by atoms with Crippen LogP contribution in [0, 0.1) is 29.1 Å². The second-order valence-corrected chi connectivity index (χ2v) is 8.61. The summed E-state index contributed by atoms with van der Waals surface area (Å²) in [5.74, 6) is 3.93. The van der Waals surface area contributed by atoms with Crippen molar-refractivity contribution in [3.8, 4) is 0 Å². The standard InChI is InChI=1S/C20H30/c1-13-6-7-16-15(11-13)12-14(2)19-17(16)8-10-20(3)9-4-5-18(19)20/h14,17-19H,1,4-12H2,2-3H3/t14-,17-,18+,19-,20+/m1/s1. The molecule has 5 atom stereocenters. The summed E-state index contributed by atoms with van der Waals surface area (Å²) in [4.78, 5) is 0. The average Bonchev–Trinajstić information content (AvgIpc) is 2.79. The van der Waals surface area contributed by atoms with Crippen LogP contribution in [-0.4, -0.2) is 0 Å². The fraction of sp³-hybridized carbons (Fsp3) is 0.800. The van der Waals surface area contributed by atoms with Gasteiger partial charge in [-0.2, -0.15) is 0 Å². The fourth-order valence-corrected chi connectivity index (χ4v) is 6.55. The van der Waals surface area contributed by atoms with E-state index in [-0.39, 0.29) is 0 Å². The summed E-state index contributed by atoms with van der Waals surface area (Å²) in [5, 5.41) is 0. The first-order valence-electron chi connectivity index (χ1n) is 8.96. The van der Waals surface area contributed by atoms with Crippen LogP contribution < -0.4 is 0 Å². The molecule has 0 saturated heterocycles. The molecule has 0 aromatic carbocycles. The molecule has 0 aliphatic heterocycles. The van der Waals surface area contributed by atoms with Gasteiger partial charge in [0.25, 0.3) is 0 Å². The molecule has 0 heterocycles. The van der Waals surface area contributed by atoms with Crippen LogP contribution in [-0.2, 0) is 0 Å². The Balaban J connectivity index is 1.70. The third-order valence-corrected chi connectivity index (χ3v) is 7.45. The summed E-state index contributed by atoms with van der Waals surface area (Å²) in [6.07, 6.45) is 12.8. The van der Waals surface area contributed by atoms with Crippen molar-refractivity contribution in [1.82, 2.24) is 0 Å². The number of hydrogen-bond acceptors (Lipinski definition) is 0. The molecule has 4 aliphatic carbocycles. The Hall–Kier alpha value is -0.520. The fourth-order valence-electron chi connectivity index (χ4n) is 6.55. The normalized spacial score (nSPS) is 47.8. The van der Waals surface area contributed by atoms with Gasteiger partial charge in [-0.3, -0.25) is 0 Å². The van der Waals surface area contributed by atoms with Crippen LogP contribution in [0.2, 0.25) is 0 Å². The van der Waals surface area contributed by atoms with Crippen molar-refractivity contribution in [2.24, 2.45) is 29.1 Å². The lowest BCUT2D eigenvalue weighted by molar-refractivity contribution is 0.0134. The Morgan fingerprint density at radius 3 is 2.85 bits per heavy atom. The lowest BCUT2D eigenvalue weighted by atomic mass is 9.52. The van der Waals surface area contributed by atoms with Gasteiger partial charge in [-0.1, -0.05) is 43.6 Å². The Bertz CT molecular complexity index is 468. The smallest absolute Gasteiger partial charge is 0.0108 e. The van der Waals surface area contributed by atoms with Crippen LogP contribution in [0.15, 0.2) is 23.3 Å². The maximum absolute atomic E-state index is 4.26. The van der Waals surface area contributed by atoms with E-state index in [9.17, 15) is 0 Å². The lowest BCUT2D eigenvalue weighted by Crippen LogP contribution is -2.44. The zero-order valence-electron chi connectivity index (χ0n) is 13.4. The SMILES string of the molecule is C=C1CCC2=C(C1)C[C@@H](C)[C@@H]1[C@@H]2CC[C@]2(C)CCC[C@@H]12. The van der Waals surface area contributed by atoms with Crippen LogP contribution in [0.1, 0.15) is 71.6 Å². The molecule has 0 heteroatoms. The van der Waals surface area contributed by atoms with Crippen molar-refractivity contribution in [3.63, 3.8) is 0 Å². The van der Waals surface area contributed by atoms with Crippen molar-refractivity contribution in [2.75, 3.05) is 0 Å². The van der Waals surface area contributed by atoms with Gasteiger partial charge in [-0.15, -0.1) is 0 Å². The summed E-state index contributed by atoms with van der Waals surface area (Å²) < 4.78 is 0. The van der Waals surface area contributed by atoms with Crippen LogP contribution in [0.3, 0.4) is 0 Å². The van der Waals surface area contributed by atoms with E-state index in [4.69, 9.17) is 0 Å². The van der Waals surface area contributed by atoms with Gasteiger partial charge in [0.15, 0.2) is 0 Å². The van der Waals surface area contributed by atoms with Gasteiger partial charge < -0.3 is 0 Å². The van der Waals surface area contributed by atoms with E-state index < -0.39 is 0 Å². The maximum Gasteiger partial charge on any atom is -0.0108 e. The van der Waals surface area contributed by atoms with E-state index >= 15 is 0 Å². The Morgan fingerprint density at radius 2 is 2.00 bits per heavy atom. The van der Waals surface area contributed by atoms with Crippen LogP contribution in [0.4, 0.5) is 0 Å². The van der Waals surface area contributed by atoms with Crippen LogP contribution >= 0.6 is 0 Å². The second kappa shape index (κ2) is 4.49. The van der Waals surface area contributed by atoms with Crippen molar-refractivity contribution in [2.45, 2.75) is 71.6 Å². The zero-order valence-corrected chi connectivity index (χ0v) is 13.4. The quantitative estimate of drug-likeness (QED) is 0.481. The van der Waals surface area contributed by atoms with E-state index in [0.29, 0.717) is 5.41 Å². The molecule has 0 bridgehead atoms. The highest BCUT2D eigenvalue weighted by molar-refractivity contribution is 5.32. The highest BCUT2D eigenvalue weighted by Crippen LogP contribution is 2.62. The lowest BCUT2D eigenvalue weighted by Gasteiger charge is -2.53. The molecule has 0 amide bonds. The van der Waals surface area contributed by atoms with Crippen molar-refractivity contribution >= 4 is 0 Å². The predicted molar refractivity (Wildman–Crippen MR) is 85.5 cm³/mol.